The van der Waals surface area contributed by atoms with Crippen LogP contribution in [0.3, 0.4) is 0 Å². The summed E-state index contributed by atoms with van der Waals surface area (Å²) >= 11 is 0. The van der Waals surface area contributed by atoms with Crippen molar-refractivity contribution in [3.63, 3.8) is 0 Å². The minimum absolute atomic E-state index is 0.0348. The second kappa shape index (κ2) is 13.2. The Morgan fingerprint density at radius 3 is 2.02 bits per heavy atom. The number of hydrogen-bond donors (Lipinski definition) is 4. The number of carbonyl (C=O) groups excluding carboxylic acids is 2. The SMILES string of the molecule is CC=C(C)C(=O)OC1C(CO)OC(OC2C(C(C)C)CCC3(C)C(O)CCC(C)(O)C23)C(O)C1OC(=O)C(C)=CC. The fourth-order valence-corrected chi connectivity index (χ4v) is 6.92. The first-order valence-corrected chi connectivity index (χ1v) is 14.8. The predicted octanol–water partition coefficient (Wildman–Crippen LogP) is 2.80. The molecule has 1 saturated heterocycles. The van der Waals surface area contributed by atoms with Gasteiger partial charge in [-0.3, -0.25) is 0 Å². The van der Waals surface area contributed by atoms with Crippen molar-refractivity contribution in [3.05, 3.63) is 23.3 Å². The van der Waals surface area contributed by atoms with E-state index in [0.29, 0.717) is 24.8 Å². The summed E-state index contributed by atoms with van der Waals surface area (Å²) in [6, 6.07) is 0. The number of esters is 2. The van der Waals surface area contributed by atoms with Crippen molar-refractivity contribution in [2.75, 3.05) is 6.61 Å². The number of ether oxygens (including phenoxy) is 4. The Balaban J connectivity index is 2.02. The maximum atomic E-state index is 12.8. The normalized spacial score (nSPS) is 42.0. The fraction of sp³-hybridized carbons (Fsp3) is 0.806. The largest absolute Gasteiger partial charge is 0.452 e. The summed E-state index contributed by atoms with van der Waals surface area (Å²) in [6.07, 6.45) is -2.72. The van der Waals surface area contributed by atoms with E-state index >= 15 is 0 Å². The molecule has 0 aromatic heterocycles. The first kappa shape index (κ1) is 33.7. The second-order valence-corrected chi connectivity index (χ2v) is 12.8. The number of allylic oxidation sites excluding steroid dienone is 2. The van der Waals surface area contributed by atoms with Gasteiger partial charge in [0, 0.05) is 22.5 Å². The first-order chi connectivity index (χ1) is 19.1. The molecule has 1 aliphatic heterocycles. The van der Waals surface area contributed by atoms with E-state index < -0.39 is 78.4 Å². The summed E-state index contributed by atoms with van der Waals surface area (Å²) in [5, 5.41) is 44.6. The van der Waals surface area contributed by atoms with Crippen LogP contribution < -0.4 is 0 Å². The van der Waals surface area contributed by atoms with E-state index in [1.165, 1.54) is 0 Å². The molecule has 3 fully saturated rings. The first-order valence-electron chi connectivity index (χ1n) is 14.8. The molecule has 2 aliphatic carbocycles. The number of carbonyl (C=O) groups is 2. The van der Waals surface area contributed by atoms with E-state index in [2.05, 4.69) is 13.8 Å². The molecule has 3 rings (SSSR count). The van der Waals surface area contributed by atoms with Crippen molar-refractivity contribution in [2.24, 2.45) is 23.2 Å². The zero-order chi connectivity index (χ0) is 30.9. The highest BCUT2D eigenvalue weighted by molar-refractivity contribution is 5.88. The zero-order valence-electron chi connectivity index (χ0n) is 25.7. The molecular weight excluding hydrogens is 532 g/mol. The average molecular weight is 583 g/mol. The zero-order valence-corrected chi connectivity index (χ0v) is 25.7. The molecule has 234 valence electrons. The lowest BCUT2D eigenvalue weighted by Gasteiger charge is -2.60. The Morgan fingerprint density at radius 1 is 0.951 bits per heavy atom. The smallest absolute Gasteiger partial charge is 0.333 e. The molecule has 0 aromatic carbocycles. The molecule has 11 unspecified atom stereocenters. The summed E-state index contributed by atoms with van der Waals surface area (Å²) in [5.74, 6) is -1.79. The second-order valence-electron chi connectivity index (χ2n) is 12.8. The molecule has 0 bridgehead atoms. The summed E-state index contributed by atoms with van der Waals surface area (Å²) in [6.45, 7) is 13.7. The minimum atomic E-state index is -1.59. The highest BCUT2D eigenvalue weighted by Gasteiger charge is 2.61. The molecule has 10 nitrogen and oxygen atoms in total. The van der Waals surface area contributed by atoms with Gasteiger partial charge in [0.2, 0.25) is 0 Å². The van der Waals surface area contributed by atoms with E-state index in [9.17, 15) is 30.0 Å². The third-order valence-electron chi connectivity index (χ3n) is 9.77. The lowest BCUT2D eigenvalue weighted by Crippen LogP contribution is -2.67. The maximum absolute atomic E-state index is 12.8. The molecule has 0 radical (unpaired) electrons. The molecule has 0 spiro atoms. The quantitative estimate of drug-likeness (QED) is 0.248. The maximum Gasteiger partial charge on any atom is 0.333 e. The Kier molecular flexibility index (Phi) is 10.9. The van der Waals surface area contributed by atoms with Gasteiger partial charge in [0.25, 0.3) is 0 Å². The van der Waals surface area contributed by atoms with Crippen LogP contribution in [0.4, 0.5) is 0 Å². The van der Waals surface area contributed by atoms with Crippen molar-refractivity contribution >= 4 is 11.9 Å². The minimum Gasteiger partial charge on any atom is -0.452 e. The molecule has 2 saturated carbocycles. The Hall–Kier alpha value is -1.82. The average Bonchev–Trinajstić information content (AvgIpc) is 2.92. The van der Waals surface area contributed by atoms with Crippen LogP contribution in [0.25, 0.3) is 0 Å². The van der Waals surface area contributed by atoms with E-state index in [0.717, 1.165) is 6.42 Å². The van der Waals surface area contributed by atoms with Crippen LogP contribution in [0.5, 0.6) is 0 Å². The summed E-state index contributed by atoms with van der Waals surface area (Å²) in [7, 11) is 0. The van der Waals surface area contributed by atoms with Crippen LogP contribution in [0, 0.1) is 23.2 Å². The van der Waals surface area contributed by atoms with E-state index in [1.54, 1.807) is 46.8 Å². The van der Waals surface area contributed by atoms with Crippen molar-refractivity contribution in [3.8, 4) is 0 Å². The number of fused-ring (bicyclic) bond motifs is 1. The predicted molar refractivity (Wildman–Crippen MR) is 150 cm³/mol. The van der Waals surface area contributed by atoms with Crippen molar-refractivity contribution in [1.82, 2.24) is 0 Å². The fourth-order valence-electron chi connectivity index (χ4n) is 6.92. The Bertz CT molecular complexity index is 1000. The van der Waals surface area contributed by atoms with E-state index in [-0.39, 0.29) is 17.4 Å². The summed E-state index contributed by atoms with van der Waals surface area (Å²) < 4.78 is 23.9. The van der Waals surface area contributed by atoms with Gasteiger partial charge in [0.15, 0.2) is 18.5 Å². The van der Waals surface area contributed by atoms with Crippen LogP contribution >= 0.6 is 0 Å². The van der Waals surface area contributed by atoms with Gasteiger partial charge in [-0.1, -0.05) is 32.9 Å². The van der Waals surface area contributed by atoms with Gasteiger partial charge in [0.05, 0.1) is 24.4 Å². The molecule has 11 atom stereocenters. The van der Waals surface area contributed by atoms with Crippen molar-refractivity contribution in [1.29, 1.82) is 0 Å². The van der Waals surface area contributed by atoms with Gasteiger partial charge in [-0.2, -0.15) is 0 Å². The van der Waals surface area contributed by atoms with Gasteiger partial charge in [-0.15, -0.1) is 0 Å². The highest BCUT2D eigenvalue weighted by Crippen LogP contribution is 2.57. The monoisotopic (exact) mass is 582 g/mol. The molecule has 0 aromatic rings. The van der Waals surface area contributed by atoms with Crippen LogP contribution in [-0.2, 0) is 28.5 Å². The topological polar surface area (TPSA) is 152 Å². The molecule has 0 amide bonds. The summed E-state index contributed by atoms with van der Waals surface area (Å²) in [4.78, 5) is 25.5. The summed E-state index contributed by atoms with van der Waals surface area (Å²) in [5.41, 5.74) is -1.21. The number of aliphatic hydroxyl groups is 4. The Labute approximate surface area is 243 Å². The van der Waals surface area contributed by atoms with Crippen LogP contribution in [0.2, 0.25) is 0 Å². The van der Waals surface area contributed by atoms with E-state index in [1.807, 2.05) is 6.92 Å². The van der Waals surface area contributed by atoms with Crippen LogP contribution in [0.1, 0.15) is 81.1 Å². The third-order valence-corrected chi connectivity index (χ3v) is 9.77. The Morgan fingerprint density at radius 2 is 1.51 bits per heavy atom. The van der Waals surface area contributed by atoms with E-state index in [4.69, 9.17) is 18.9 Å². The molecule has 1 heterocycles. The van der Waals surface area contributed by atoms with Crippen LogP contribution in [-0.4, -0.2) is 87.5 Å². The molecule has 10 heteroatoms. The molecule has 3 aliphatic rings. The number of aliphatic hydroxyl groups excluding tert-OH is 3. The van der Waals surface area contributed by atoms with Gasteiger partial charge >= 0.3 is 11.9 Å². The van der Waals surface area contributed by atoms with Crippen molar-refractivity contribution in [2.45, 2.75) is 130 Å². The van der Waals surface area contributed by atoms with Crippen LogP contribution in [0.15, 0.2) is 23.3 Å². The lowest BCUT2D eigenvalue weighted by atomic mass is 9.50. The van der Waals surface area contributed by atoms with Crippen molar-refractivity contribution < 1.29 is 49.0 Å². The lowest BCUT2D eigenvalue weighted by molar-refractivity contribution is -0.339. The third kappa shape index (κ3) is 6.73. The van der Waals surface area contributed by atoms with Gasteiger partial charge < -0.3 is 39.4 Å². The number of rotatable bonds is 8. The van der Waals surface area contributed by atoms with Gasteiger partial charge in [-0.25, -0.2) is 9.59 Å². The van der Waals surface area contributed by atoms with Gasteiger partial charge in [0.1, 0.15) is 12.2 Å². The molecule has 4 N–H and O–H groups in total. The molecular formula is C31H50O10. The molecule has 41 heavy (non-hydrogen) atoms. The van der Waals surface area contributed by atoms with Gasteiger partial charge in [-0.05, 0) is 72.1 Å². The standard InChI is InChI=1S/C31H50O10/c1-9-17(5)27(35)39-24-20(15-32)38-29(22(34)25(24)40-28(36)18(6)10-2)41-23-19(16(3)4)11-13-30(7)21(33)12-14-31(8,37)26(23)30/h9-10,16,19-26,29,32-34,37H,11-15H2,1-8H3. The number of hydrogen-bond acceptors (Lipinski definition) is 10. The highest BCUT2D eigenvalue weighted by atomic mass is 16.7.